The minimum absolute atomic E-state index is 0.0620. The van der Waals surface area contributed by atoms with Crippen LogP contribution in [0.25, 0.3) is 0 Å². The predicted molar refractivity (Wildman–Crippen MR) is 81.2 cm³/mol. The van der Waals surface area contributed by atoms with Crippen LogP contribution in [0.15, 0.2) is 0 Å². The van der Waals surface area contributed by atoms with Gasteiger partial charge in [-0.05, 0) is 56.4 Å². The molecule has 1 spiro atoms. The molecule has 1 N–H and O–H groups in total. The van der Waals surface area contributed by atoms with Crippen LogP contribution in [0, 0.1) is 17.3 Å². The Morgan fingerprint density at radius 2 is 1.79 bits per heavy atom. The fraction of sp³-hybridized carbons (Fsp3) is 1.00. The van der Waals surface area contributed by atoms with E-state index < -0.39 is 0 Å². The van der Waals surface area contributed by atoms with Crippen molar-refractivity contribution in [3.8, 4) is 0 Å². The summed E-state index contributed by atoms with van der Waals surface area (Å²) in [6.45, 7) is 8.18. The van der Waals surface area contributed by atoms with Crippen LogP contribution in [0.2, 0.25) is 0 Å². The number of hydrogen-bond acceptors (Lipinski definition) is 2. The summed E-state index contributed by atoms with van der Waals surface area (Å²) in [5.74, 6) is 1.48. The fourth-order valence-corrected chi connectivity index (χ4v) is 4.35. The SMILES string of the molecule is CC(C)C(C)CN(C)C1CC(O)CCC12CCCC2. The monoisotopic (exact) mass is 267 g/mol. The molecule has 3 atom stereocenters. The zero-order valence-electron chi connectivity index (χ0n) is 13.4. The van der Waals surface area contributed by atoms with Gasteiger partial charge in [0, 0.05) is 12.6 Å². The van der Waals surface area contributed by atoms with Gasteiger partial charge in [-0.3, -0.25) is 0 Å². The highest BCUT2D eigenvalue weighted by molar-refractivity contribution is 4.99. The number of aliphatic hydroxyl groups excluding tert-OH is 1. The number of hydrogen-bond donors (Lipinski definition) is 1. The minimum atomic E-state index is -0.0620. The van der Waals surface area contributed by atoms with E-state index in [1.807, 2.05) is 0 Å². The van der Waals surface area contributed by atoms with Crippen molar-refractivity contribution in [1.29, 1.82) is 0 Å². The molecule has 3 unspecified atom stereocenters. The van der Waals surface area contributed by atoms with E-state index in [0.29, 0.717) is 11.5 Å². The van der Waals surface area contributed by atoms with E-state index >= 15 is 0 Å². The first-order valence-electron chi connectivity index (χ1n) is 8.33. The molecule has 0 saturated heterocycles. The van der Waals surface area contributed by atoms with Crippen molar-refractivity contribution in [2.45, 2.75) is 77.9 Å². The molecule has 0 radical (unpaired) electrons. The molecule has 0 aromatic carbocycles. The lowest BCUT2D eigenvalue weighted by Gasteiger charge is -2.48. The highest BCUT2D eigenvalue weighted by Gasteiger charge is 2.46. The molecule has 2 heteroatoms. The van der Waals surface area contributed by atoms with Crippen LogP contribution in [0.5, 0.6) is 0 Å². The number of rotatable bonds is 4. The molecule has 2 fully saturated rings. The zero-order valence-corrected chi connectivity index (χ0v) is 13.4. The normalized spacial score (nSPS) is 32.4. The first-order valence-corrected chi connectivity index (χ1v) is 8.33. The van der Waals surface area contributed by atoms with Crippen LogP contribution in [-0.2, 0) is 0 Å². The summed E-state index contributed by atoms with van der Waals surface area (Å²) >= 11 is 0. The van der Waals surface area contributed by atoms with Gasteiger partial charge in [0.25, 0.3) is 0 Å². The van der Waals surface area contributed by atoms with E-state index in [2.05, 4.69) is 32.7 Å². The summed E-state index contributed by atoms with van der Waals surface area (Å²) in [5, 5.41) is 10.1. The molecule has 19 heavy (non-hydrogen) atoms. The van der Waals surface area contributed by atoms with E-state index in [9.17, 15) is 5.11 Å². The molecular formula is C17H33NO. The molecule has 0 amide bonds. The molecular weight excluding hydrogens is 234 g/mol. The summed E-state index contributed by atoms with van der Waals surface area (Å²) in [6.07, 6.45) is 8.81. The van der Waals surface area contributed by atoms with E-state index in [-0.39, 0.29) is 6.10 Å². The Kier molecular flexibility index (Phi) is 4.94. The maximum absolute atomic E-state index is 10.1. The maximum atomic E-state index is 10.1. The van der Waals surface area contributed by atoms with E-state index in [4.69, 9.17) is 0 Å². The summed E-state index contributed by atoms with van der Waals surface area (Å²) < 4.78 is 0. The van der Waals surface area contributed by atoms with Gasteiger partial charge in [-0.1, -0.05) is 33.6 Å². The van der Waals surface area contributed by atoms with Gasteiger partial charge >= 0.3 is 0 Å². The van der Waals surface area contributed by atoms with Crippen molar-refractivity contribution in [2.24, 2.45) is 17.3 Å². The third-order valence-corrected chi connectivity index (χ3v) is 6.02. The van der Waals surface area contributed by atoms with E-state index in [1.54, 1.807) is 0 Å². The number of nitrogens with zero attached hydrogens (tertiary/aromatic N) is 1. The van der Waals surface area contributed by atoms with Gasteiger partial charge in [-0.2, -0.15) is 0 Å². The van der Waals surface area contributed by atoms with Crippen molar-refractivity contribution < 1.29 is 5.11 Å². The van der Waals surface area contributed by atoms with Crippen molar-refractivity contribution in [3.63, 3.8) is 0 Å². The van der Waals surface area contributed by atoms with Gasteiger partial charge in [-0.25, -0.2) is 0 Å². The topological polar surface area (TPSA) is 23.5 Å². The quantitative estimate of drug-likeness (QED) is 0.840. The van der Waals surface area contributed by atoms with Crippen molar-refractivity contribution in [1.82, 2.24) is 4.90 Å². The average Bonchev–Trinajstić information content (AvgIpc) is 2.81. The number of aliphatic hydroxyl groups is 1. The largest absolute Gasteiger partial charge is 0.393 e. The van der Waals surface area contributed by atoms with E-state index in [0.717, 1.165) is 24.7 Å². The van der Waals surface area contributed by atoms with Gasteiger partial charge in [0.1, 0.15) is 0 Å². The lowest BCUT2D eigenvalue weighted by molar-refractivity contribution is -0.0225. The van der Waals surface area contributed by atoms with Crippen LogP contribution in [-0.4, -0.2) is 35.7 Å². The second kappa shape index (κ2) is 6.13. The van der Waals surface area contributed by atoms with Crippen molar-refractivity contribution >= 4 is 0 Å². The van der Waals surface area contributed by atoms with Crippen LogP contribution < -0.4 is 0 Å². The second-order valence-electron chi connectivity index (χ2n) is 7.67. The Bertz CT molecular complexity index is 283. The molecule has 0 aromatic heterocycles. The van der Waals surface area contributed by atoms with Crippen molar-refractivity contribution in [2.75, 3.05) is 13.6 Å². The average molecular weight is 267 g/mol. The Hall–Kier alpha value is -0.0800. The molecule has 2 rings (SSSR count). The fourth-order valence-electron chi connectivity index (χ4n) is 4.35. The lowest BCUT2D eigenvalue weighted by Crippen LogP contribution is -2.51. The van der Waals surface area contributed by atoms with Gasteiger partial charge in [-0.15, -0.1) is 0 Å². The highest BCUT2D eigenvalue weighted by Crippen LogP contribution is 2.50. The minimum Gasteiger partial charge on any atom is -0.393 e. The van der Waals surface area contributed by atoms with Crippen molar-refractivity contribution in [3.05, 3.63) is 0 Å². The third-order valence-electron chi connectivity index (χ3n) is 6.02. The van der Waals surface area contributed by atoms with Crippen LogP contribution >= 0.6 is 0 Å². The molecule has 0 aliphatic heterocycles. The molecule has 0 bridgehead atoms. The van der Waals surface area contributed by atoms with Crippen LogP contribution in [0.3, 0.4) is 0 Å². The summed E-state index contributed by atoms with van der Waals surface area (Å²) in [5.41, 5.74) is 0.532. The van der Waals surface area contributed by atoms with Gasteiger partial charge in [0.15, 0.2) is 0 Å². The van der Waals surface area contributed by atoms with Crippen LogP contribution in [0.1, 0.15) is 65.7 Å². The maximum Gasteiger partial charge on any atom is 0.0555 e. The Morgan fingerprint density at radius 1 is 1.16 bits per heavy atom. The standard InChI is InChI=1S/C17H33NO/c1-13(2)14(3)12-18(4)16-11-15(19)7-10-17(16)8-5-6-9-17/h13-16,19H,5-12H2,1-4H3. The molecule has 2 saturated carbocycles. The first-order chi connectivity index (χ1) is 8.94. The molecule has 112 valence electrons. The Balaban J connectivity index is 2.05. The molecule has 2 aliphatic carbocycles. The zero-order chi connectivity index (χ0) is 14.0. The van der Waals surface area contributed by atoms with Gasteiger partial charge in [0.2, 0.25) is 0 Å². The van der Waals surface area contributed by atoms with Crippen LogP contribution in [0.4, 0.5) is 0 Å². The summed E-state index contributed by atoms with van der Waals surface area (Å²) in [6, 6.07) is 0.611. The third kappa shape index (κ3) is 3.33. The second-order valence-corrected chi connectivity index (χ2v) is 7.67. The predicted octanol–water partition coefficient (Wildman–Crippen LogP) is 3.68. The lowest BCUT2D eigenvalue weighted by atomic mass is 9.67. The van der Waals surface area contributed by atoms with Gasteiger partial charge < -0.3 is 10.0 Å². The van der Waals surface area contributed by atoms with E-state index in [1.165, 1.54) is 38.6 Å². The molecule has 2 nitrogen and oxygen atoms in total. The summed E-state index contributed by atoms with van der Waals surface area (Å²) in [4.78, 5) is 2.58. The molecule has 0 aromatic rings. The Morgan fingerprint density at radius 3 is 2.37 bits per heavy atom. The highest BCUT2D eigenvalue weighted by atomic mass is 16.3. The summed E-state index contributed by atoms with van der Waals surface area (Å²) in [7, 11) is 2.29. The molecule has 0 heterocycles. The van der Waals surface area contributed by atoms with Gasteiger partial charge in [0.05, 0.1) is 6.10 Å². The molecule has 2 aliphatic rings. The smallest absolute Gasteiger partial charge is 0.0555 e. The first kappa shape index (κ1) is 15.3. The Labute approximate surface area is 119 Å².